The van der Waals surface area contributed by atoms with E-state index in [9.17, 15) is 4.79 Å². The average Bonchev–Trinajstić information content (AvgIpc) is 2.92. The normalized spacial score (nSPS) is 10.7. The lowest BCUT2D eigenvalue weighted by Gasteiger charge is -2.07. The lowest BCUT2D eigenvalue weighted by atomic mass is 10.1. The van der Waals surface area contributed by atoms with E-state index in [-0.39, 0.29) is 5.91 Å². The zero-order valence-corrected chi connectivity index (χ0v) is 12.9. The van der Waals surface area contributed by atoms with Gasteiger partial charge in [0.05, 0.1) is 17.5 Å². The maximum atomic E-state index is 12.8. The van der Waals surface area contributed by atoms with Crippen LogP contribution in [0.25, 0.3) is 11.0 Å². The second-order valence-electron chi connectivity index (χ2n) is 4.87. The van der Waals surface area contributed by atoms with Crippen molar-refractivity contribution >= 4 is 28.7 Å². The Morgan fingerprint density at radius 1 is 1.14 bits per heavy atom. The Morgan fingerprint density at radius 3 is 2.64 bits per heavy atom. The Labute approximate surface area is 133 Å². The van der Waals surface area contributed by atoms with Crippen molar-refractivity contribution in [2.75, 3.05) is 5.75 Å². The lowest BCUT2D eigenvalue weighted by molar-refractivity contribution is 0.0909. The minimum Gasteiger partial charge on any atom is -0.274 e. The predicted molar refractivity (Wildman–Crippen MR) is 91.4 cm³/mol. The fraction of sp³-hybridized carbons (Fsp3) is 0.111. The molecule has 3 aromatic rings. The van der Waals surface area contributed by atoms with Crippen LogP contribution in [0.4, 0.5) is 0 Å². The third kappa shape index (κ3) is 2.97. The molecule has 22 heavy (non-hydrogen) atoms. The molecule has 0 N–H and O–H groups in total. The quantitative estimate of drug-likeness (QED) is 0.523. The summed E-state index contributed by atoms with van der Waals surface area (Å²) in [5.41, 5.74) is 2.70. The number of fused-ring (bicyclic) bond motifs is 1. The third-order valence-corrected chi connectivity index (χ3v) is 4.24. The van der Waals surface area contributed by atoms with Crippen molar-refractivity contribution in [1.82, 2.24) is 9.55 Å². The Hall–Kier alpha value is -2.33. The molecule has 0 bridgehead atoms. The topological polar surface area (TPSA) is 34.9 Å². The first-order chi connectivity index (χ1) is 10.8. The molecule has 0 unspecified atom stereocenters. The number of rotatable bonds is 5. The Bertz CT molecular complexity index is 808. The van der Waals surface area contributed by atoms with E-state index in [2.05, 4.69) is 11.6 Å². The van der Waals surface area contributed by atoms with Crippen LogP contribution in [0.2, 0.25) is 0 Å². The molecular formula is C18H16N2OS. The Balaban J connectivity index is 1.99. The van der Waals surface area contributed by atoms with E-state index in [0.717, 1.165) is 27.5 Å². The number of benzene rings is 2. The third-order valence-electron chi connectivity index (χ3n) is 3.31. The largest absolute Gasteiger partial charge is 0.274 e. The van der Waals surface area contributed by atoms with Gasteiger partial charge < -0.3 is 0 Å². The predicted octanol–water partition coefficient (Wildman–Crippen LogP) is 4.20. The maximum absolute atomic E-state index is 12.8. The number of hydrogen-bond acceptors (Lipinski definition) is 3. The maximum Gasteiger partial charge on any atom is 0.237 e. The average molecular weight is 308 g/mol. The summed E-state index contributed by atoms with van der Waals surface area (Å²) in [4.78, 5) is 17.3. The SMILES string of the molecule is C=CCSc1nc2ccccc2n1C(=O)Cc1ccccc1. The van der Waals surface area contributed by atoms with Gasteiger partial charge in [0.25, 0.3) is 0 Å². The van der Waals surface area contributed by atoms with Crippen LogP contribution in [0.1, 0.15) is 10.4 Å². The van der Waals surface area contributed by atoms with Gasteiger partial charge in [0.15, 0.2) is 5.16 Å². The van der Waals surface area contributed by atoms with Gasteiger partial charge in [-0.25, -0.2) is 4.98 Å². The van der Waals surface area contributed by atoms with Crippen LogP contribution in [0.5, 0.6) is 0 Å². The zero-order valence-electron chi connectivity index (χ0n) is 12.1. The molecule has 1 aromatic heterocycles. The molecular weight excluding hydrogens is 292 g/mol. The van der Waals surface area contributed by atoms with Crippen molar-refractivity contribution in [2.45, 2.75) is 11.6 Å². The highest BCUT2D eigenvalue weighted by Crippen LogP contribution is 2.24. The number of para-hydroxylation sites is 2. The number of imidazole rings is 1. The van der Waals surface area contributed by atoms with E-state index in [1.807, 2.05) is 60.7 Å². The molecule has 2 aromatic carbocycles. The Kier molecular flexibility index (Phi) is 4.39. The number of carbonyl (C=O) groups excluding carboxylic acids is 1. The van der Waals surface area contributed by atoms with Crippen molar-refractivity contribution in [3.8, 4) is 0 Å². The molecule has 0 spiro atoms. The summed E-state index contributed by atoms with van der Waals surface area (Å²) in [6.07, 6.45) is 2.18. The molecule has 3 rings (SSSR count). The van der Waals surface area contributed by atoms with Crippen molar-refractivity contribution < 1.29 is 4.79 Å². The first kappa shape index (κ1) is 14.6. The van der Waals surface area contributed by atoms with Crippen LogP contribution in [-0.2, 0) is 6.42 Å². The van der Waals surface area contributed by atoms with Gasteiger partial charge in [0, 0.05) is 5.75 Å². The van der Waals surface area contributed by atoms with Gasteiger partial charge in [-0.1, -0.05) is 60.3 Å². The fourth-order valence-electron chi connectivity index (χ4n) is 2.32. The molecule has 0 aliphatic heterocycles. The molecule has 4 heteroatoms. The number of hydrogen-bond donors (Lipinski definition) is 0. The molecule has 0 aliphatic rings. The summed E-state index contributed by atoms with van der Waals surface area (Å²) in [6, 6.07) is 17.5. The van der Waals surface area contributed by atoms with E-state index < -0.39 is 0 Å². The summed E-state index contributed by atoms with van der Waals surface area (Å²) >= 11 is 1.52. The first-order valence-electron chi connectivity index (χ1n) is 7.08. The Morgan fingerprint density at radius 2 is 1.86 bits per heavy atom. The number of carbonyl (C=O) groups is 1. The molecule has 0 aliphatic carbocycles. The van der Waals surface area contributed by atoms with Gasteiger partial charge >= 0.3 is 0 Å². The summed E-state index contributed by atoms with van der Waals surface area (Å²) in [5.74, 6) is 0.758. The van der Waals surface area contributed by atoms with Gasteiger partial charge in [-0.15, -0.1) is 6.58 Å². The minimum absolute atomic E-state index is 0.0338. The van der Waals surface area contributed by atoms with Crippen molar-refractivity contribution in [1.29, 1.82) is 0 Å². The molecule has 0 fully saturated rings. The van der Waals surface area contributed by atoms with E-state index >= 15 is 0 Å². The standard InChI is InChI=1S/C18H16N2OS/c1-2-12-22-18-19-15-10-6-7-11-16(15)20(18)17(21)13-14-8-4-3-5-9-14/h2-11H,1,12-13H2. The van der Waals surface area contributed by atoms with Crippen LogP contribution >= 0.6 is 11.8 Å². The fourth-order valence-corrected chi connectivity index (χ4v) is 3.08. The van der Waals surface area contributed by atoms with Crippen LogP contribution in [0, 0.1) is 0 Å². The van der Waals surface area contributed by atoms with Gasteiger partial charge in [0.2, 0.25) is 5.91 Å². The van der Waals surface area contributed by atoms with Crippen LogP contribution in [-0.4, -0.2) is 21.2 Å². The van der Waals surface area contributed by atoms with Gasteiger partial charge in [-0.3, -0.25) is 9.36 Å². The second-order valence-corrected chi connectivity index (χ2v) is 5.86. The summed E-state index contributed by atoms with van der Waals surface area (Å²) in [5, 5.41) is 0.724. The first-order valence-corrected chi connectivity index (χ1v) is 8.06. The summed E-state index contributed by atoms with van der Waals surface area (Å²) in [6.45, 7) is 3.73. The van der Waals surface area contributed by atoms with Gasteiger partial charge in [-0.2, -0.15) is 0 Å². The van der Waals surface area contributed by atoms with E-state index in [1.165, 1.54) is 11.8 Å². The van der Waals surface area contributed by atoms with E-state index in [4.69, 9.17) is 0 Å². The van der Waals surface area contributed by atoms with E-state index in [1.54, 1.807) is 4.57 Å². The highest BCUT2D eigenvalue weighted by molar-refractivity contribution is 7.99. The zero-order chi connectivity index (χ0) is 15.4. The number of nitrogens with zero attached hydrogens (tertiary/aromatic N) is 2. The van der Waals surface area contributed by atoms with Crippen LogP contribution in [0.15, 0.2) is 72.4 Å². The van der Waals surface area contributed by atoms with Gasteiger partial charge in [0.1, 0.15) is 0 Å². The molecule has 3 nitrogen and oxygen atoms in total. The van der Waals surface area contributed by atoms with Crippen molar-refractivity contribution in [3.63, 3.8) is 0 Å². The molecule has 0 saturated carbocycles. The van der Waals surface area contributed by atoms with Crippen LogP contribution in [0.3, 0.4) is 0 Å². The summed E-state index contributed by atoms with van der Waals surface area (Å²) in [7, 11) is 0. The highest BCUT2D eigenvalue weighted by Gasteiger charge is 2.16. The lowest BCUT2D eigenvalue weighted by Crippen LogP contribution is -2.14. The summed E-state index contributed by atoms with van der Waals surface area (Å²) < 4.78 is 1.72. The molecule has 0 radical (unpaired) electrons. The van der Waals surface area contributed by atoms with Crippen molar-refractivity contribution in [3.05, 3.63) is 72.8 Å². The molecule has 0 amide bonds. The number of aromatic nitrogens is 2. The van der Waals surface area contributed by atoms with Crippen molar-refractivity contribution in [2.24, 2.45) is 0 Å². The monoisotopic (exact) mass is 308 g/mol. The smallest absolute Gasteiger partial charge is 0.237 e. The molecule has 1 heterocycles. The molecule has 0 atom stereocenters. The van der Waals surface area contributed by atoms with Crippen LogP contribution < -0.4 is 0 Å². The van der Waals surface area contributed by atoms with E-state index in [0.29, 0.717) is 6.42 Å². The second kappa shape index (κ2) is 6.62. The highest BCUT2D eigenvalue weighted by atomic mass is 32.2. The van der Waals surface area contributed by atoms with Gasteiger partial charge in [-0.05, 0) is 17.7 Å². The molecule has 110 valence electrons. The molecule has 0 saturated heterocycles. The minimum atomic E-state index is 0.0338. The number of thioether (sulfide) groups is 1.